The number of hydrogen-bond donors (Lipinski definition) is 2. The molecule has 1 aromatic carbocycles. The normalized spacial score (nSPS) is 9.67. The topological polar surface area (TPSA) is 64.3 Å². The number of carbonyl (C=O) groups excluding carboxylic acids is 1. The molecule has 108 valence electrons. The van der Waals surface area contributed by atoms with Gasteiger partial charge in [-0.25, -0.2) is 0 Å². The summed E-state index contributed by atoms with van der Waals surface area (Å²) in [6.45, 7) is 2.22. The standard InChI is InChI=1S/C16H16N2O2S/c1-11-5-6-14(20-2)13(10-11)18-16(19)15-12(4-3-8-17)7-9-21-15/h5-7,9-10H,8,17H2,1-2H3,(H,18,19). The summed E-state index contributed by atoms with van der Waals surface area (Å²) in [5.41, 5.74) is 7.74. The Balaban J connectivity index is 2.26. The molecule has 0 atom stereocenters. The third-order valence-electron chi connectivity index (χ3n) is 2.80. The number of nitrogens with two attached hydrogens (primary N) is 1. The predicted octanol–water partition coefficient (Wildman–Crippen LogP) is 2.63. The van der Waals surface area contributed by atoms with E-state index in [2.05, 4.69) is 17.2 Å². The van der Waals surface area contributed by atoms with Gasteiger partial charge in [-0.2, -0.15) is 0 Å². The maximum Gasteiger partial charge on any atom is 0.267 e. The minimum absolute atomic E-state index is 0.199. The van der Waals surface area contributed by atoms with Crippen LogP contribution in [-0.2, 0) is 0 Å². The molecule has 2 aromatic rings. The monoisotopic (exact) mass is 300 g/mol. The van der Waals surface area contributed by atoms with Gasteiger partial charge in [0.15, 0.2) is 0 Å². The van der Waals surface area contributed by atoms with Crippen molar-refractivity contribution in [2.45, 2.75) is 6.92 Å². The molecule has 0 aliphatic carbocycles. The van der Waals surface area contributed by atoms with Crippen LogP contribution in [0.5, 0.6) is 5.75 Å². The first-order chi connectivity index (χ1) is 10.2. The first-order valence-corrected chi connectivity index (χ1v) is 7.26. The SMILES string of the molecule is COc1ccc(C)cc1NC(=O)c1sccc1C#CCN. The lowest BCUT2D eigenvalue weighted by molar-refractivity contribution is 0.103. The first-order valence-electron chi connectivity index (χ1n) is 6.38. The van der Waals surface area contributed by atoms with Gasteiger partial charge in [0.2, 0.25) is 0 Å². The summed E-state index contributed by atoms with van der Waals surface area (Å²) >= 11 is 1.35. The average Bonchev–Trinajstić information content (AvgIpc) is 2.94. The molecule has 0 spiro atoms. The lowest BCUT2D eigenvalue weighted by atomic mass is 10.2. The lowest BCUT2D eigenvalue weighted by Gasteiger charge is -2.10. The van der Waals surface area contributed by atoms with Crippen molar-refractivity contribution in [1.29, 1.82) is 0 Å². The predicted molar refractivity (Wildman–Crippen MR) is 85.9 cm³/mol. The van der Waals surface area contributed by atoms with E-state index in [0.717, 1.165) is 5.56 Å². The van der Waals surface area contributed by atoms with E-state index < -0.39 is 0 Å². The number of rotatable bonds is 3. The van der Waals surface area contributed by atoms with Gasteiger partial charge < -0.3 is 15.8 Å². The minimum Gasteiger partial charge on any atom is -0.495 e. The quantitative estimate of drug-likeness (QED) is 0.856. The highest BCUT2D eigenvalue weighted by Crippen LogP contribution is 2.27. The van der Waals surface area contributed by atoms with Gasteiger partial charge in [-0.1, -0.05) is 17.9 Å². The van der Waals surface area contributed by atoms with E-state index in [4.69, 9.17) is 10.5 Å². The number of thiophene rings is 1. The van der Waals surface area contributed by atoms with Crippen LogP contribution in [0.3, 0.4) is 0 Å². The number of amides is 1. The highest BCUT2D eigenvalue weighted by molar-refractivity contribution is 7.12. The van der Waals surface area contributed by atoms with E-state index in [1.165, 1.54) is 11.3 Å². The van der Waals surface area contributed by atoms with Crippen LogP contribution in [-0.4, -0.2) is 19.6 Å². The van der Waals surface area contributed by atoms with Gasteiger partial charge in [-0.05, 0) is 36.1 Å². The number of methoxy groups -OCH3 is 1. The van der Waals surface area contributed by atoms with Gasteiger partial charge in [0.25, 0.3) is 5.91 Å². The largest absolute Gasteiger partial charge is 0.495 e. The Bertz CT molecular complexity index is 711. The maximum absolute atomic E-state index is 12.4. The summed E-state index contributed by atoms with van der Waals surface area (Å²) < 4.78 is 5.26. The number of ether oxygens (including phenoxy) is 1. The van der Waals surface area contributed by atoms with Crippen LogP contribution >= 0.6 is 11.3 Å². The van der Waals surface area contributed by atoms with Gasteiger partial charge in [0.05, 0.1) is 19.3 Å². The summed E-state index contributed by atoms with van der Waals surface area (Å²) in [5.74, 6) is 6.09. The Hall–Kier alpha value is -2.29. The Morgan fingerprint density at radius 2 is 2.24 bits per heavy atom. The second-order valence-electron chi connectivity index (χ2n) is 4.33. The molecular formula is C16H16N2O2S. The van der Waals surface area contributed by atoms with Gasteiger partial charge >= 0.3 is 0 Å². The second kappa shape index (κ2) is 6.93. The molecule has 1 amide bonds. The van der Waals surface area contributed by atoms with Crippen molar-refractivity contribution in [2.75, 3.05) is 19.0 Å². The van der Waals surface area contributed by atoms with E-state index in [1.54, 1.807) is 7.11 Å². The van der Waals surface area contributed by atoms with Crippen LogP contribution in [0.1, 0.15) is 20.8 Å². The van der Waals surface area contributed by atoms with Gasteiger partial charge in [0.1, 0.15) is 10.6 Å². The molecule has 0 saturated heterocycles. The molecule has 0 aliphatic heterocycles. The Morgan fingerprint density at radius 1 is 1.43 bits per heavy atom. The molecule has 21 heavy (non-hydrogen) atoms. The van der Waals surface area contributed by atoms with Gasteiger partial charge in [0, 0.05) is 5.56 Å². The molecule has 1 aromatic heterocycles. The van der Waals surface area contributed by atoms with Crippen LogP contribution < -0.4 is 15.8 Å². The van der Waals surface area contributed by atoms with E-state index in [-0.39, 0.29) is 12.5 Å². The van der Waals surface area contributed by atoms with Crippen LogP contribution in [0.15, 0.2) is 29.6 Å². The van der Waals surface area contributed by atoms with Crippen LogP contribution in [0.2, 0.25) is 0 Å². The summed E-state index contributed by atoms with van der Waals surface area (Å²) in [5, 5.41) is 4.71. The number of nitrogens with one attached hydrogen (secondary N) is 1. The van der Waals surface area contributed by atoms with Crippen LogP contribution in [0.4, 0.5) is 5.69 Å². The Morgan fingerprint density at radius 3 is 2.95 bits per heavy atom. The summed E-state index contributed by atoms with van der Waals surface area (Å²) in [6, 6.07) is 7.44. The van der Waals surface area contributed by atoms with Crippen molar-refractivity contribution in [3.8, 4) is 17.6 Å². The average molecular weight is 300 g/mol. The van der Waals surface area contributed by atoms with E-state index in [0.29, 0.717) is 21.9 Å². The van der Waals surface area contributed by atoms with Gasteiger partial charge in [-0.3, -0.25) is 4.79 Å². The first kappa shape index (κ1) is 15.1. The molecule has 0 bridgehead atoms. The molecule has 0 aliphatic rings. The summed E-state index contributed by atoms with van der Waals surface area (Å²) in [6.07, 6.45) is 0. The highest BCUT2D eigenvalue weighted by atomic mass is 32.1. The fourth-order valence-corrected chi connectivity index (χ4v) is 2.57. The Labute approximate surface area is 127 Å². The number of hydrogen-bond acceptors (Lipinski definition) is 4. The molecule has 0 saturated carbocycles. The van der Waals surface area contributed by atoms with Crippen molar-refractivity contribution >= 4 is 22.9 Å². The molecule has 5 heteroatoms. The number of aryl methyl sites for hydroxylation is 1. The molecule has 4 nitrogen and oxygen atoms in total. The summed E-state index contributed by atoms with van der Waals surface area (Å²) in [4.78, 5) is 13.0. The van der Waals surface area contributed by atoms with Crippen molar-refractivity contribution in [2.24, 2.45) is 5.73 Å². The van der Waals surface area contributed by atoms with Crippen molar-refractivity contribution in [1.82, 2.24) is 0 Å². The number of anilines is 1. The highest BCUT2D eigenvalue weighted by Gasteiger charge is 2.14. The fourth-order valence-electron chi connectivity index (χ4n) is 1.83. The third kappa shape index (κ3) is 3.63. The van der Waals surface area contributed by atoms with Crippen molar-refractivity contribution in [3.05, 3.63) is 45.6 Å². The summed E-state index contributed by atoms with van der Waals surface area (Å²) in [7, 11) is 1.57. The van der Waals surface area contributed by atoms with Crippen molar-refractivity contribution in [3.63, 3.8) is 0 Å². The van der Waals surface area contributed by atoms with Crippen LogP contribution in [0.25, 0.3) is 0 Å². The van der Waals surface area contributed by atoms with E-state index in [1.807, 2.05) is 36.6 Å². The fraction of sp³-hybridized carbons (Fsp3) is 0.188. The Kier molecular flexibility index (Phi) is 4.99. The second-order valence-corrected chi connectivity index (χ2v) is 5.24. The third-order valence-corrected chi connectivity index (χ3v) is 3.71. The van der Waals surface area contributed by atoms with Crippen molar-refractivity contribution < 1.29 is 9.53 Å². The zero-order chi connectivity index (χ0) is 15.2. The van der Waals surface area contributed by atoms with Crippen LogP contribution in [0, 0.1) is 18.8 Å². The molecule has 1 heterocycles. The van der Waals surface area contributed by atoms with Gasteiger partial charge in [-0.15, -0.1) is 11.3 Å². The smallest absolute Gasteiger partial charge is 0.267 e. The number of carbonyl (C=O) groups is 1. The maximum atomic E-state index is 12.4. The zero-order valence-electron chi connectivity index (χ0n) is 11.9. The number of benzene rings is 1. The minimum atomic E-state index is -0.199. The van der Waals surface area contributed by atoms with E-state index in [9.17, 15) is 4.79 Å². The molecule has 0 unspecified atom stereocenters. The lowest BCUT2D eigenvalue weighted by Crippen LogP contribution is -2.12. The molecular weight excluding hydrogens is 284 g/mol. The zero-order valence-corrected chi connectivity index (χ0v) is 12.7. The molecule has 3 N–H and O–H groups in total. The molecule has 0 radical (unpaired) electrons. The van der Waals surface area contributed by atoms with E-state index >= 15 is 0 Å². The molecule has 2 rings (SSSR count). The molecule has 0 fully saturated rings.